The fraction of sp³-hybridized carbons (Fsp3) is 0.710. The van der Waals surface area contributed by atoms with E-state index in [0.717, 1.165) is 74.4 Å². The fourth-order valence-corrected chi connectivity index (χ4v) is 7.61. The van der Waals surface area contributed by atoms with Gasteiger partial charge in [0.2, 0.25) is 0 Å². The summed E-state index contributed by atoms with van der Waals surface area (Å²) in [7, 11) is 0. The van der Waals surface area contributed by atoms with Crippen LogP contribution >= 0.6 is 0 Å². The molecule has 0 spiro atoms. The van der Waals surface area contributed by atoms with Crippen molar-refractivity contribution >= 4 is 0 Å². The van der Waals surface area contributed by atoms with Crippen LogP contribution in [-0.2, 0) is 18.9 Å². The van der Waals surface area contributed by atoms with Gasteiger partial charge in [-0.3, -0.25) is 0 Å². The average Bonchev–Trinajstić information content (AvgIpc) is 3.29. The monoisotopic (exact) mass is 1010 g/mol. The average molecular weight is 1010 g/mol. The molecule has 72 heavy (non-hydrogen) atoms. The molecule has 2 atom stereocenters. The Morgan fingerprint density at radius 2 is 0.694 bits per heavy atom. The second kappa shape index (κ2) is 29.6. The summed E-state index contributed by atoms with van der Waals surface area (Å²) in [4.78, 5) is 0. The Labute approximate surface area is 439 Å². The van der Waals surface area contributed by atoms with Crippen molar-refractivity contribution in [3.05, 3.63) is 84.9 Å². The normalized spacial score (nSPS) is 14.0. The first-order chi connectivity index (χ1) is 33.4. The minimum absolute atomic E-state index is 0.0944. The first kappa shape index (κ1) is 64.7. The predicted molar refractivity (Wildman–Crippen MR) is 297 cm³/mol. The van der Waals surface area contributed by atoms with Crippen molar-refractivity contribution in [3.8, 4) is 23.0 Å². The van der Waals surface area contributed by atoms with Gasteiger partial charge in [0, 0.05) is 44.0 Å². The lowest BCUT2D eigenvalue weighted by molar-refractivity contribution is -0.139. The highest BCUT2D eigenvalue weighted by Gasteiger charge is 2.41. The minimum atomic E-state index is -0.943. The second-order valence-electron chi connectivity index (χ2n) is 24.2. The predicted octanol–water partition coefficient (Wildman–Crippen LogP) is 14.8. The zero-order chi connectivity index (χ0) is 54.3. The number of hydrogen-bond donors (Lipinski definition) is 2. The first-order valence-electron chi connectivity index (χ1n) is 27.2. The molecule has 0 radical (unpaired) electrons. The van der Waals surface area contributed by atoms with Gasteiger partial charge in [0.25, 0.3) is 0 Å². The molecule has 0 heterocycles. The largest absolute Gasteiger partial charge is 0.493 e. The number of hydrogen-bond acceptors (Lipinski definition) is 10. The molecule has 0 fully saturated rings. The van der Waals surface area contributed by atoms with Crippen LogP contribution in [0.15, 0.2) is 84.9 Å². The Balaban J connectivity index is 0.00000876. The van der Waals surface area contributed by atoms with Crippen molar-refractivity contribution in [1.82, 2.24) is 0 Å². The van der Waals surface area contributed by atoms with E-state index >= 15 is 0 Å². The van der Waals surface area contributed by atoms with Crippen LogP contribution in [0.25, 0.3) is 0 Å². The van der Waals surface area contributed by atoms with Crippen molar-refractivity contribution < 1.29 is 48.1 Å². The first-order valence-corrected chi connectivity index (χ1v) is 27.2. The molecule has 2 N–H and O–H groups in total. The van der Waals surface area contributed by atoms with Crippen LogP contribution in [0.5, 0.6) is 23.0 Å². The van der Waals surface area contributed by atoms with Crippen molar-refractivity contribution in [1.29, 1.82) is 0 Å². The molecule has 3 aromatic rings. The maximum atomic E-state index is 10.9. The Kier molecular flexibility index (Phi) is 26.7. The molecule has 0 saturated carbocycles. The standard InChI is InChI=1S/C60H98O10.C2H6/c1-53(2,59(13,14)69-45-47(57(9,10)61)43-65-49-28-19-17-20-29-49)34-23-25-38-67-55(5,6)36-40-63-51-32-27-33-52(42-51)64-41-37-56(7,8)68-39-26-24-35-54(3,4)60(15,16)70-46-48(58(11,12)62)44-66-50-30-21-18-22-31-50;1-2/h17-22,27-33,42,47-48,61-62H,23-26,34-41,43-46H2,1-16H3;1-2H3. The molecule has 412 valence electrons. The third-order valence-corrected chi connectivity index (χ3v) is 15.1. The molecule has 0 aliphatic heterocycles. The maximum Gasteiger partial charge on any atom is 0.122 e. The third-order valence-electron chi connectivity index (χ3n) is 15.1. The molecule has 2 unspecified atom stereocenters. The van der Waals surface area contributed by atoms with Crippen LogP contribution in [0.4, 0.5) is 0 Å². The lowest BCUT2D eigenvalue weighted by Crippen LogP contribution is -2.46. The van der Waals surface area contributed by atoms with Crippen molar-refractivity contribution in [2.75, 3.05) is 52.9 Å². The summed E-state index contributed by atoms with van der Waals surface area (Å²) in [5.41, 5.74) is -3.54. The van der Waals surface area contributed by atoms with E-state index in [1.165, 1.54) is 0 Å². The van der Waals surface area contributed by atoms with E-state index in [9.17, 15) is 10.2 Å². The Morgan fingerprint density at radius 3 is 1.03 bits per heavy atom. The van der Waals surface area contributed by atoms with Crippen LogP contribution in [0.2, 0.25) is 0 Å². The molecule has 3 aromatic carbocycles. The number of para-hydroxylation sites is 2. The topological polar surface area (TPSA) is 114 Å². The highest BCUT2D eigenvalue weighted by atomic mass is 16.5. The van der Waals surface area contributed by atoms with E-state index in [1.807, 2.05) is 126 Å². The minimum Gasteiger partial charge on any atom is -0.493 e. The van der Waals surface area contributed by atoms with Crippen molar-refractivity contribution in [2.24, 2.45) is 22.7 Å². The zero-order valence-electron chi connectivity index (χ0n) is 48.7. The molecular weight excluding hydrogens is 905 g/mol. The summed E-state index contributed by atoms with van der Waals surface area (Å²) in [6, 6.07) is 27.3. The molecule has 0 saturated heterocycles. The fourth-order valence-electron chi connectivity index (χ4n) is 7.61. The molecule has 10 nitrogen and oxygen atoms in total. The number of unbranched alkanes of at least 4 members (excludes halogenated alkanes) is 2. The van der Waals surface area contributed by atoms with Gasteiger partial charge in [-0.2, -0.15) is 0 Å². The van der Waals surface area contributed by atoms with Gasteiger partial charge in [-0.05, 0) is 156 Å². The van der Waals surface area contributed by atoms with E-state index in [-0.39, 0.29) is 33.9 Å². The van der Waals surface area contributed by atoms with Crippen LogP contribution in [-0.4, -0.2) is 96.7 Å². The molecule has 0 bridgehead atoms. The smallest absolute Gasteiger partial charge is 0.122 e. The molecule has 0 aromatic heterocycles. The van der Waals surface area contributed by atoms with Gasteiger partial charge in [-0.1, -0.05) is 96.8 Å². The van der Waals surface area contributed by atoms with Gasteiger partial charge in [0.05, 0.1) is 73.2 Å². The third kappa shape index (κ3) is 24.3. The van der Waals surface area contributed by atoms with Crippen molar-refractivity contribution in [2.45, 2.75) is 210 Å². The Morgan fingerprint density at radius 1 is 0.361 bits per heavy atom. The quantitative estimate of drug-likeness (QED) is 0.0546. The number of aliphatic hydroxyl groups is 2. The van der Waals surface area contributed by atoms with Gasteiger partial charge in [-0.15, -0.1) is 0 Å². The van der Waals surface area contributed by atoms with Crippen LogP contribution in [0.1, 0.15) is 176 Å². The highest BCUT2D eigenvalue weighted by Crippen LogP contribution is 2.41. The van der Waals surface area contributed by atoms with Gasteiger partial charge in [0.1, 0.15) is 23.0 Å². The zero-order valence-corrected chi connectivity index (χ0v) is 48.7. The summed E-state index contributed by atoms with van der Waals surface area (Å²) in [5, 5.41) is 21.8. The number of ether oxygens (including phenoxy) is 8. The molecular formula is C62H104O10. The Bertz CT molecular complexity index is 1740. The van der Waals surface area contributed by atoms with E-state index in [1.54, 1.807) is 0 Å². The molecule has 10 heteroatoms. The SMILES string of the molecule is CC.CC(C)(CCOc1cccc(OCCC(C)(C)OCCCCC(C)(C)C(C)(C)OCC(COc2ccccc2)C(C)(C)O)c1)OCCCCC(C)(C)C(C)(C)OCC(COc1ccccc1)C(C)(C)O. The maximum absolute atomic E-state index is 10.9. The van der Waals surface area contributed by atoms with Gasteiger partial charge >= 0.3 is 0 Å². The van der Waals surface area contributed by atoms with Crippen LogP contribution < -0.4 is 18.9 Å². The number of rotatable bonds is 36. The van der Waals surface area contributed by atoms with Gasteiger partial charge in [-0.25, -0.2) is 0 Å². The van der Waals surface area contributed by atoms with Crippen LogP contribution in [0.3, 0.4) is 0 Å². The lowest BCUT2D eigenvalue weighted by Gasteiger charge is -2.43. The molecule has 0 amide bonds. The van der Waals surface area contributed by atoms with E-state index in [4.69, 9.17) is 37.9 Å². The highest BCUT2D eigenvalue weighted by molar-refractivity contribution is 5.33. The molecule has 3 rings (SSSR count). The molecule has 0 aliphatic carbocycles. The van der Waals surface area contributed by atoms with Crippen LogP contribution in [0, 0.1) is 22.7 Å². The summed E-state index contributed by atoms with van der Waals surface area (Å²) in [6.07, 6.45) is 7.42. The lowest BCUT2D eigenvalue weighted by atomic mass is 9.73. The second-order valence-corrected chi connectivity index (χ2v) is 24.2. The van der Waals surface area contributed by atoms with E-state index < -0.39 is 22.4 Å². The molecule has 0 aliphatic rings. The van der Waals surface area contributed by atoms with E-state index in [0.29, 0.717) is 52.9 Å². The summed E-state index contributed by atoms with van der Waals surface area (Å²) < 4.78 is 50.2. The van der Waals surface area contributed by atoms with Crippen molar-refractivity contribution in [3.63, 3.8) is 0 Å². The van der Waals surface area contributed by atoms with E-state index in [2.05, 4.69) is 83.1 Å². The number of benzene rings is 3. The summed E-state index contributed by atoms with van der Waals surface area (Å²) in [5.74, 6) is 2.76. The summed E-state index contributed by atoms with van der Waals surface area (Å²) >= 11 is 0. The summed E-state index contributed by atoms with van der Waals surface area (Å²) in [6.45, 7) is 41.4. The van der Waals surface area contributed by atoms with Gasteiger partial charge < -0.3 is 48.1 Å². The van der Waals surface area contributed by atoms with Gasteiger partial charge in [0.15, 0.2) is 0 Å². The Hall–Kier alpha value is -3.38.